The first-order valence-corrected chi connectivity index (χ1v) is 7.93. The van der Waals surface area contributed by atoms with Crippen LogP contribution in [-0.2, 0) is 6.42 Å². The van der Waals surface area contributed by atoms with Gasteiger partial charge in [0.25, 0.3) is 0 Å². The number of hydrogen-bond donors (Lipinski definition) is 2. The van der Waals surface area contributed by atoms with Crippen molar-refractivity contribution in [3.63, 3.8) is 0 Å². The average molecular weight is 332 g/mol. The van der Waals surface area contributed by atoms with Crippen molar-refractivity contribution in [2.45, 2.75) is 25.8 Å². The summed E-state index contributed by atoms with van der Waals surface area (Å²) in [5.74, 6) is -1.18. The molecule has 1 heterocycles. The van der Waals surface area contributed by atoms with E-state index in [1.807, 2.05) is 19.1 Å². The highest BCUT2D eigenvalue weighted by Gasteiger charge is 2.07. The zero-order chi connectivity index (χ0) is 17.4. The second kappa shape index (κ2) is 9.25. The molecule has 0 fully saturated rings. The fourth-order valence-corrected chi connectivity index (χ4v) is 2.45. The lowest BCUT2D eigenvalue weighted by molar-refractivity contribution is 0.238. The lowest BCUT2D eigenvalue weighted by Crippen LogP contribution is -2.34. The number of hydrogen-bond acceptors (Lipinski definition) is 3. The van der Waals surface area contributed by atoms with Gasteiger partial charge in [0.05, 0.1) is 6.61 Å². The molecule has 3 nitrogen and oxygen atoms in total. The van der Waals surface area contributed by atoms with Crippen LogP contribution in [0.3, 0.4) is 0 Å². The van der Waals surface area contributed by atoms with E-state index in [2.05, 4.69) is 10.3 Å². The van der Waals surface area contributed by atoms with E-state index >= 15 is 0 Å². The topological polar surface area (TPSA) is 45.1 Å². The van der Waals surface area contributed by atoms with Gasteiger partial charge in [0.1, 0.15) is 11.6 Å². The smallest absolute Gasteiger partial charge is 0.126 e. The fourth-order valence-electron chi connectivity index (χ4n) is 2.45. The van der Waals surface area contributed by atoms with Gasteiger partial charge in [-0.3, -0.25) is 4.98 Å². The summed E-state index contributed by atoms with van der Waals surface area (Å²) in [6.45, 7) is 2.46. The maximum Gasteiger partial charge on any atom is 0.126 e. The molecule has 1 aromatic heterocycles. The summed E-state index contributed by atoms with van der Waals surface area (Å²) in [6.07, 6.45) is 6.88. The number of aromatic nitrogens is 1. The van der Waals surface area contributed by atoms with Crippen LogP contribution >= 0.6 is 0 Å². The largest absolute Gasteiger partial charge is 0.395 e. The third-order valence-electron chi connectivity index (χ3n) is 3.72. The Morgan fingerprint density at radius 2 is 1.88 bits per heavy atom. The minimum absolute atomic E-state index is 0.0347. The fraction of sp³-hybridized carbons (Fsp3) is 0.316. The molecular formula is C19H22F2N2O. The van der Waals surface area contributed by atoms with E-state index in [1.165, 1.54) is 17.7 Å². The number of rotatable bonds is 8. The van der Waals surface area contributed by atoms with Gasteiger partial charge in [0.15, 0.2) is 0 Å². The highest BCUT2D eigenvalue weighted by molar-refractivity contribution is 5.52. The number of pyridine rings is 1. The van der Waals surface area contributed by atoms with E-state index in [0.717, 1.165) is 24.5 Å². The molecular weight excluding hydrogens is 310 g/mol. The normalized spacial score (nSPS) is 13.1. The maximum atomic E-state index is 13.2. The molecule has 2 aromatic rings. The Labute approximate surface area is 141 Å². The van der Waals surface area contributed by atoms with Crippen LogP contribution in [0.4, 0.5) is 8.78 Å². The van der Waals surface area contributed by atoms with E-state index in [0.29, 0.717) is 12.1 Å². The number of aliphatic hydroxyl groups is 1. The Morgan fingerprint density at radius 3 is 2.50 bits per heavy atom. The van der Waals surface area contributed by atoms with Crippen LogP contribution < -0.4 is 5.32 Å². The summed E-state index contributed by atoms with van der Waals surface area (Å²) in [5.41, 5.74) is 2.60. The molecule has 2 rings (SSSR count). The maximum absolute atomic E-state index is 13.2. The van der Waals surface area contributed by atoms with Crippen molar-refractivity contribution >= 4 is 6.08 Å². The zero-order valence-corrected chi connectivity index (χ0v) is 13.7. The third-order valence-corrected chi connectivity index (χ3v) is 3.72. The number of nitrogens with one attached hydrogen (secondary N) is 1. The molecule has 2 N–H and O–H groups in total. The van der Waals surface area contributed by atoms with Crippen molar-refractivity contribution in [2.24, 2.45) is 0 Å². The van der Waals surface area contributed by atoms with Gasteiger partial charge in [-0.25, -0.2) is 8.78 Å². The van der Waals surface area contributed by atoms with Crippen molar-refractivity contribution in [2.75, 3.05) is 13.2 Å². The van der Waals surface area contributed by atoms with Gasteiger partial charge in [-0.15, -0.1) is 0 Å². The Kier molecular flexibility index (Phi) is 7.03. The molecule has 0 aliphatic carbocycles. The van der Waals surface area contributed by atoms with Gasteiger partial charge >= 0.3 is 0 Å². The van der Waals surface area contributed by atoms with Gasteiger partial charge < -0.3 is 10.4 Å². The number of benzene rings is 1. The van der Waals surface area contributed by atoms with E-state index < -0.39 is 11.6 Å². The molecule has 1 unspecified atom stereocenters. The van der Waals surface area contributed by atoms with Gasteiger partial charge in [-0.1, -0.05) is 11.6 Å². The molecule has 0 radical (unpaired) electrons. The molecule has 0 aliphatic heterocycles. The summed E-state index contributed by atoms with van der Waals surface area (Å²) in [5, 5.41) is 12.8. The van der Waals surface area contributed by atoms with Crippen LogP contribution in [0, 0.1) is 11.6 Å². The molecule has 1 atom stereocenters. The molecule has 0 saturated carbocycles. The molecule has 0 aliphatic rings. The van der Waals surface area contributed by atoms with Crippen LogP contribution in [0.2, 0.25) is 0 Å². The molecule has 128 valence electrons. The van der Waals surface area contributed by atoms with Crippen molar-refractivity contribution in [1.82, 2.24) is 10.3 Å². The van der Waals surface area contributed by atoms with Gasteiger partial charge in [0.2, 0.25) is 0 Å². The summed E-state index contributed by atoms with van der Waals surface area (Å²) in [4.78, 5) is 3.98. The number of aryl methyl sites for hydroxylation is 1. The number of nitrogens with zero attached hydrogens (tertiary/aromatic N) is 1. The standard InChI is InChI=1S/C19H22F2N2O/c1-14(8-16-9-17(20)11-18(21)10-16)12-23-19(13-24)3-2-15-4-6-22-7-5-15/h4-11,19,23-24H,2-3,12-13H2,1H3/b14-8-. The molecule has 5 heteroatoms. The third kappa shape index (κ3) is 6.18. The van der Waals surface area contributed by atoms with Crippen LogP contribution in [0.5, 0.6) is 0 Å². The van der Waals surface area contributed by atoms with Crippen LogP contribution in [0.25, 0.3) is 6.08 Å². The average Bonchev–Trinajstić information content (AvgIpc) is 2.55. The Bertz CT molecular complexity index is 654. The highest BCUT2D eigenvalue weighted by atomic mass is 19.1. The second-order valence-corrected chi connectivity index (χ2v) is 5.85. The molecule has 0 amide bonds. The van der Waals surface area contributed by atoms with E-state index in [1.54, 1.807) is 18.5 Å². The Hall–Kier alpha value is -2.11. The molecule has 1 aromatic carbocycles. The summed E-state index contributed by atoms with van der Waals surface area (Å²) in [6, 6.07) is 7.31. The molecule has 0 spiro atoms. The van der Waals surface area contributed by atoms with Crippen molar-refractivity contribution in [3.8, 4) is 0 Å². The lowest BCUT2D eigenvalue weighted by atomic mass is 10.1. The van der Waals surface area contributed by atoms with Crippen molar-refractivity contribution in [3.05, 3.63) is 71.1 Å². The predicted octanol–water partition coefficient (Wildman–Crippen LogP) is 3.35. The van der Waals surface area contributed by atoms with Crippen molar-refractivity contribution in [1.29, 1.82) is 0 Å². The first-order chi connectivity index (χ1) is 11.6. The first kappa shape index (κ1) is 18.2. The zero-order valence-electron chi connectivity index (χ0n) is 13.7. The monoisotopic (exact) mass is 332 g/mol. The van der Waals surface area contributed by atoms with Gasteiger partial charge in [-0.05, 0) is 55.2 Å². The molecule has 0 saturated heterocycles. The highest BCUT2D eigenvalue weighted by Crippen LogP contribution is 2.12. The van der Waals surface area contributed by atoms with Crippen molar-refractivity contribution < 1.29 is 13.9 Å². The minimum Gasteiger partial charge on any atom is -0.395 e. The van der Waals surface area contributed by atoms with Crippen LogP contribution in [-0.4, -0.2) is 29.3 Å². The van der Waals surface area contributed by atoms with E-state index in [4.69, 9.17) is 0 Å². The van der Waals surface area contributed by atoms with E-state index in [-0.39, 0.29) is 12.6 Å². The minimum atomic E-state index is -0.590. The quantitative estimate of drug-likeness (QED) is 0.779. The van der Waals surface area contributed by atoms with Gasteiger partial charge in [-0.2, -0.15) is 0 Å². The lowest BCUT2D eigenvalue weighted by Gasteiger charge is -2.16. The SMILES string of the molecule is C/C(=C/c1cc(F)cc(F)c1)CNC(CO)CCc1ccncc1. The molecule has 0 bridgehead atoms. The Balaban J connectivity index is 1.86. The summed E-state index contributed by atoms with van der Waals surface area (Å²) >= 11 is 0. The van der Waals surface area contributed by atoms with Gasteiger partial charge in [0, 0.05) is 31.0 Å². The van der Waals surface area contributed by atoms with Crippen LogP contribution in [0.15, 0.2) is 48.3 Å². The molecule has 24 heavy (non-hydrogen) atoms. The summed E-state index contributed by atoms with van der Waals surface area (Å²) < 4.78 is 26.4. The second-order valence-electron chi connectivity index (χ2n) is 5.85. The summed E-state index contributed by atoms with van der Waals surface area (Å²) in [7, 11) is 0. The predicted molar refractivity (Wildman–Crippen MR) is 91.4 cm³/mol. The number of aliphatic hydroxyl groups excluding tert-OH is 1. The Morgan fingerprint density at radius 1 is 1.21 bits per heavy atom. The van der Waals surface area contributed by atoms with Crippen LogP contribution in [0.1, 0.15) is 24.5 Å². The van der Waals surface area contributed by atoms with E-state index in [9.17, 15) is 13.9 Å². The first-order valence-electron chi connectivity index (χ1n) is 7.93. The number of halogens is 2.